The molecule has 0 aliphatic rings. The molecule has 0 spiro atoms. The fourth-order valence-electron chi connectivity index (χ4n) is 2.01. The average molecular weight is 229 g/mol. The van der Waals surface area contributed by atoms with E-state index in [1.807, 2.05) is 0 Å². The number of nitrogens with one attached hydrogen (secondary N) is 1. The summed E-state index contributed by atoms with van der Waals surface area (Å²) in [4.78, 5) is 0. The Balaban J connectivity index is 2.51. The first-order valence-electron chi connectivity index (χ1n) is 6.56. The highest BCUT2D eigenvalue weighted by Crippen LogP contribution is 2.07. The Hall–Kier alpha value is -1.26. The monoisotopic (exact) mass is 229 g/mol. The zero-order chi connectivity index (χ0) is 12.5. The van der Waals surface area contributed by atoms with Gasteiger partial charge in [-0.05, 0) is 24.8 Å². The van der Waals surface area contributed by atoms with E-state index in [1.54, 1.807) is 0 Å². The molecule has 92 valence electrons. The van der Waals surface area contributed by atoms with Crippen molar-refractivity contribution in [3.63, 3.8) is 0 Å². The minimum Gasteiger partial charge on any atom is -0.301 e. The molecule has 1 aromatic carbocycles. The maximum Gasteiger partial charge on any atom is 0.0689 e. The van der Waals surface area contributed by atoms with E-state index in [0.717, 1.165) is 25.7 Å². The normalized spacial score (nSPS) is 13.9. The van der Waals surface area contributed by atoms with Crippen LogP contribution in [0.1, 0.15) is 38.7 Å². The predicted molar refractivity (Wildman–Crippen MR) is 74.9 cm³/mol. The van der Waals surface area contributed by atoms with E-state index in [2.05, 4.69) is 55.4 Å². The summed E-state index contributed by atoms with van der Waals surface area (Å²) in [6, 6.07) is 11.3. The van der Waals surface area contributed by atoms with Crippen molar-refractivity contribution >= 4 is 0 Å². The van der Waals surface area contributed by atoms with Gasteiger partial charge in [-0.15, -0.1) is 6.42 Å². The SMILES string of the molecule is C#CC(CCC)NC(CC)Cc1ccccc1. The highest BCUT2D eigenvalue weighted by molar-refractivity contribution is 5.16. The Morgan fingerprint density at radius 2 is 1.94 bits per heavy atom. The topological polar surface area (TPSA) is 12.0 Å². The van der Waals surface area contributed by atoms with Gasteiger partial charge in [-0.3, -0.25) is 0 Å². The number of hydrogen-bond acceptors (Lipinski definition) is 1. The standard InChI is InChI=1S/C16H23N/c1-4-10-15(5-2)17-16(6-3)13-14-11-8-7-9-12-14/h2,7-9,11-12,15-17H,4,6,10,13H2,1,3H3. The molecule has 0 saturated carbocycles. The Kier molecular flexibility index (Phi) is 6.43. The third kappa shape index (κ3) is 5.06. The fourth-order valence-corrected chi connectivity index (χ4v) is 2.01. The van der Waals surface area contributed by atoms with Crippen molar-refractivity contribution in [2.45, 2.75) is 51.6 Å². The molecule has 2 unspecified atom stereocenters. The molecule has 17 heavy (non-hydrogen) atoms. The van der Waals surface area contributed by atoms with Crippen LogP contribution in [0.15, 0.2) is 30.3 Å². The van der Waals surface area contributed by atoms with Crippen LogP contribution in [0.4, 0.5) is 0 Å². The van der Waals surface area contributed by atoms with Crippen molar-refractivity contribution in [1.29, 1.82) is 0 Å². The molecular formula is C16H23N. The first-order valence-corrected chi connectivity index (χ1v) is 6.56. The van der Waals surface area contributed by atoms with E-state index in [-0.39, 0.29) is 6.04 Å². The van der Waals surface area contributed by atoms with Crippen molar-refractivity contribution in [1.82, 2.24) is 5.32 Å². The second kappa shape index (κ2) is 7.92. The van der Waals surface area contributed by atoms with Crippen molar-refractivity contribution in [2.75, 3.05) is 0 Å². The molecule has 2 atom stereocenters. The van der Waals surface area contributed by atoms with Gasteiger partial charge in [0.05, 0.1) is 6.04 Å². The highest BCUT2D eigenvalue weighted by Gasteiger charge is 2.11. The molecule has 0 aromatic heterocycles. The van der Waals surface area contributed by atoms with E-state index in [0.29, 0.717) is 6.04 Å². The maximum absolute atomic E-state index is 5.54. The van der Waals surface area contributed by atoms with Gasteiger partial charge in [0.1, 0.15) is 0 Å². The molecule has 0 fully saturated rings. The first kappa shape index (κ1) is 13.8. The van der Waals surface area contributed by atoms with Gasteiger partial charge in [0.25, 0.3) is 0 Å². The highest BCUT2D eigenvalue weighted by atomic mass is 14.9. The Bertz CT molecular complexity index is 336. The molecule has 1 aromatic rings. The lowest BCUT2D eigenvalue weighted by atomic mass is 10.0. The number of rotatable bonds is 7. The Morgan fingerprint density at radius 1 is 1.24 bits per heavy atom. The zero-order valence-corrected chi connectivity index (χ0v) is 10.9. The van der Waals surface area contributed by atoms with Gasteiger partial charge in [0.15, 0.2) is 0 Å². The van der Waals surface area contributed by atoms with Crippen molar-refractivity contribution in [3.05, 3.63) is 35.9 Å². The van der Waals surface area contributed by atoms with Gasteiger partial charge < -0.3 is 5.32 Å². The summed E-state index contributed by atoms with van der Waals surface area (Å²) in [5.74, 6) is 2.84. The molecule has 1 heteroatoms. The fraction of sp³-hybridized carbons (Fsp3) is 0.500. The average Bonchev–Trinajstić information content (AvgIpc) is 2.38. The van der Waals surface area contributed by atoms with Crippen LogP contribution in [0.2, 0.25) is 0 Å². The van der Waals surface area contributed by atoms with Crippen LogP contribution in [0.3, 0.4) is 0 Å². The summed E-state index contributed by atoms with van der Waals surface area (Å²) in [6.45, 7) is 4.38. The summed E-state index contributed by atoms with van der Waals surface area (Å²) >= 11 is 0. The molecular weight excluding hydrogens is 206 g/mol. The molecule has 0 aliphatic carbocycles. The summed E-state index contributed by atoms with van der Waals surface area (Å²) in [5, 5.41) is 3.57. The molecule has 0 amide bonds. The van der Waals surface area contributed by atoms with Crippen LogP contribution in [-0.4, -0.2) is 12.1 Å². The van der Waals surface area contributed by atoms with E-state index < -0.39 is 0 Å². The van der Waals surface area contributed by atoms with Gasteiger partial charge in [0, 0.05) is 6.04 Å². The van der Waals surface area contributed by atoms with Crippen LogP contribution in [0.5, 0.6) is 0 Å². The van der Waals surface area contributed by atoms with Gasteiger partial charge >= 0.3 is 0 Å². The molecule has 1 nitrogen and oxygen atoms in total. The molecule has 0 saturated heterocycles. The predicted octanol–water partition coefficient (Wildman–Crippen LogP) is 3.40. The second-order valence-electron chi connectivity index (χ2n) is 4.47. The Morgan fingerprint density at radius 3 is 2.47 bits per heavy atom. The van der Waals surface area contributed by atoms with Gasteiger partial charge in [0.2, 0.25) is 0 Å². The molecule has 0 heterocycles. The van der Waals surface area contributed by atoms with E-state index >= 15 is 0 Å². The number of hydrogen-bond donors (Lipinski definition) is 1. The lowest BCUT2D eigenvalue weighted by molar-refractivity contribution is 0.444. The smallest absolute Gasteiger partial charge is 0.0689 e. The molecule has 0 bridgehead atoms. The van der Waals surface area contributed by atoms with E-state index in [9.17, 15) is 0 Å². The van der Waals surface area contributed by atoms with Crippen molar-refractivity contribution in [3.8, 4) is 12.3 Å². The van der Waals surface area contributed by atoms with Crippen LogP contribution in [0, 0.1) is 12.3 Å². The summed E-state index contributed by atoms with van der Waals surface area (Å²) in [6.07, 6.45) is 9.89. The lowest BCUT2D eigenvalue weighted by Crippen LogP contribution is -2.38. The lowest BCUT2D eigenvalue weighted by Gasteiger charge is -2.21. The zero-order valence-electron chi connectivity index (χ0n) is 10.9. The first-order chi connectivity index (χ1) is 8.30. The second-order valence-corrected chi connectivity index (χ2v) is 4.47. The molecule has 1 rings (SSSR count). The summed E-state index contributed by atoms with van der Waals surface area (Å²) in [7, 11) is 0. The minimum absolute atomic E-state index is 0.216. The van der Waals surface area contributed by atoms with Gasteiger partial charge in [-0.1, -0.05) is 56.5 Å². The number of terminal acetylenes is 1. The third-order valence-corrected chi connectivity index (χ3v) is 3.03. The van der Waals surface area contributed by atoms with Crippen LogP contribution in [0.25, 0.3) is 0 Å². The van der Waals surface area contributed by atoms with Crippen molar-refractivity contribution in [2.24, 2.45) is 0 Å². The molecule has 1 N–H and O–H groups in total. The summed E-state index contributed by atoms with van der Waals surface area (Å²) < 4.78 is 0. The molecule has 0 aliphatic heterocycles. The van der Waals surface area contributed by atoms with Crippen LogP contribution in [-0.2, 0) is 6.42 Å². The van der Waals surface area contributed by atoms with Crippen LogP contribution >= 0.6 is 0 Å². The number of benzene rings is 1. The summed E-state index contributed by atoms with van der Waals surface area (Å²) in [5.41, 5.74) is 1.37. The minimum atomic E-state index is 0.216. The van der Waals surface area contributed by atoms with Crippen LogP contribution < -0.4 is 5.32 Å². The Labute approximate surface area is 106 Å². The quantitative estimate of drug-likeness (QED) is 0.707. The molecule has 0 radical (unpaired) electrons. The van der Waals surface area contributed by atoms with Crippen molar-refractivity contribution < 1.29 is 0 Å². The van der Waals surface area contributed by atoms with Gasteiger partial charge in [-0.2, -0.15) is 0 Å². The van der Waals surface area contributed by atoms with E-state index in [1.165, 1.54) is 5.56 Å². The van der Waals surface area contributed by atoms with E-state index in [4.69, 9.17) is 6.42 Å². The maximum atomic E-state index is 5.54. The largest absolute Gasteiger partial charge is 0.301 e. The third-order valence-electron chi connectivity index (χ3n) is 3.03. The van der Waals surface area contributed by atoms with Gasteiger partial charge in [-0.25, -0.2) is 0 Å².